The number of nitrogens with one attached hydrogen (secondary N) is 1. The van der Waals surface area contributed by atoms with Gasteiger partial charge in [0.05, 0.1) is 21.1 Å². The average molecular weight is 295 g/mol. The highest BCUT2D eigenvalue weighted by Crippen LogP contribution is 2.33. The fourth-order valence-corrected chi connectivity index (χ4v) is 2.02. The van der Waals surface area contributed by atoms with E-state index >= 15 is 0 Å². The molecule has 2 aromatic heterocycles. The van der Waals surface area contributed by atoms with E-state index in [-0.39, 0.29) is 21.3 Å². The Bertz CT molecular complexity index is 758. The van der Waals surface area contributed by atoms with Gasteiger partial charge in [0.2, 0.25) is 11.6 Å². The van der Waals surface area contributed by atoms with E-state index in [0.29, 0.717) is 5.52 Å². The topological polar surface area (TPSA) is 46.0 Å². The van der Waals surface area contributed by atoms with Crippen molar-refractivity contribution in [3.63, 3.8) is 0 Å². The van der Waals surface area contributed by atoms with E-state index in [0.717, 1.165) is 4.40 Å². The Labute approximate surface area is 107 Å². The Morgan fingerprint density at radius 1 is 1.17 bits per heavy atom. The van der Waals surface area contributed by atoms with Gasteiger partial charge in [-0.25, -0.2) is 10.1 Å². The van der Waals surface area contributed by atoms with Gasteiger partial charge in [-0.05, 0) is 12.1 Å². The number of rotatable bonds is 0. The fourth-order valence-electron chi connectivity index (χ4n) is 1.71. The molecule has 0 aliphatic carbocycles. The molecule has 0 radical (unpaired) electrons. The zero-order valence-electron chi connectivity index (χ0n) is 8.39. The number of halogens is 5. The van der Waals surface area contributed by atoms with Crippen LogP contribution >= 0.6 is 23.2 Å². The summed E-state index contributed by atoms with van der Waals surface area (Å²) in [6.45, 7) is 0. The molecular weight excluding hydrogens is 292 g/mol. The Morgan fingerprint density at radius 3 is 2.50 bits per heavy atom. The lowest BCUT2D eigenvalue weighted by molar-refractivity contribution is -0.145. The number of nitrogens with zero attached hydrogens (tertiary/aromatic N) is 3. The minimum atomic E-state index is -4.59. The van der Waals surface area contributed by atoms with Crippen molar-refractivity contribution in [1.82, 2.24) is 19.6 Å². The Kier molecular flexibility index (Phi) is 2.27. The quantitative estimate of drug-likeness (QED) is 0.689. The van der Waals surface area contributed by atoms with Gasteiger partial charge in [0.1, 0.15) is 0 Å². The van der Waals surface area contributed by atoms with Crippen LogP contribution in [-0.4, -0.2) is 19.6 Å². The summed E-state index contributed by atoms with van der Waals surface area (Å²) in [6.07, 6.45) is -4.59. The van der Waals surface area contributed by atoms with Crippen molar-refractivity contribution in [1.29, 1.82) is 0 Å². The molecule has 9 heteroatoms. The van der Waals surface area contributed by atoms with Gasteiger partial charge in [-0.2, -0.15) is 13.2 Å². The van der Waals surface area contributed by atoms with Crippen molar-refractivity contribution in [2.24, 2.45) is 0 Å². The first-order chi connectivity index (χ1) is 8.38. The van der Waals surface area contributed by atoms with Crippen molar-refractivity contribution in [3.8, 4) is 0 Å². The van der Waals surface area contributed by atoms with Crippen LogP contribution < -0.4 is 0 Å². The number of benzene rings is 1. The van der Waals surface area contributed by atoms with Gasteiger partial charge >= 0.3 is 6.18 Å². The lowest BCUT2D eigenvalue weighted by Gasteiger charge is -2.03. The molecule has 0 aliphatic heterocycles. The second-order valence-electron chi connectivity index (χ2n) is 3.57. The van der Waals surface area contributed by atoms with Gasteiger partial charge in [-0.1, -0.05) is 23.2 Å². The van der Waals surface area contributed by atoms with E-state index in [9.17, 15) is 13.2 Å². The van der Waals surface area contributed by atoms with E-state index in [1.54, 1.807) is 0 Å². The van der Waals surface area contributed by atoms with Crippen LogP contribution in [0.2, 0.25) is 10.0 Å². The van der Waals surface area contributed by atoms with Crippen LogP contribution in [-0.2, 0) is 6.18 Å². The zero-order valence-corrected chi connectivity index (χ0v) is 9.90. The van der Waals surface area contributed by atoms with Gasteiger partial charge < -0.3 is 0 Å². The van der Waals surface area contributed by atoms with Crippen molar-refractivity contribution in [3.05, 3.63) is 28.0 Å². The number of aromatic amines is 1. The predicted molar refractivity (Wildman–Crippen MR) is 59.9 cm³/mol. The maximum atomic E-state index is 12.7. The predicted octanol–water partition coefficient (Wildman–Crippen LogP) is 3.54. The van der Waals surface area contributed by atoms with Crippen LogP contribution in [0.15, 0.2) is 12.1 Å². The molecule has 4 nitrogen and oxygen atoms in total. The first-order valence-corrected chi connectivity index (χ1v) is 5.42. The molecule has 0 atom stereocenters. The average Bonchev–Trinajstić information content (AvgIpc) is 2.77. The van der Waals surface area contributed by atoms with E-state index in [2.05, 4.69) is 15.2 Å². The third kappa shape index (κ3) is 1.54. The maximum Gasteiger partial charge on any atom is 0.452 e. The van der Waals surface area contributed by atoms with Gasteiger partial charge in [-0.3, -0.25) is 4.40 Å². The molecule has 0 spiro atoms. The minimum absolute atomic E-state index is 0.0179. The highest BCUT2D eigenvalue weighted by molar-refractivity contribution is 6.42. The third-order valence-electron chi connectivity index (χ3n) is 2.42. The molecule has 18 heavy (non-hydrogen) atoms. The number of hydrogen-bond acceptors (Lipinski definition) is 2. The summed E-state index contributed by atoms with van der Waals surface area (Å²) in [5.41, 5.74) is 0.504. The van der Waals surface area contributed by atoms with Crippen molar-refractivity contribution >= 4 is 40.0 Å². The molecule has 0 bridgehead atoms. The zero-order chi connectivity index (χ0) is 13.1. The summed E-state index contributed by atoms with van der Waals surface area (Å²) >= 11 is 11.6. The fraction of sp³-hybridized carbons (Fsp3) is 0.111. The number of aromatic nitrogens is 4. The largest absolute Gasteiger partial charge is 0.452 e. The Morgan fingerprint density at radius 2 is 1.83 bits per heavy atom. The normalized spacial score (nSPS) is 12.7. The van der Waals surface area contributed by atoms with Gasteiger partial charge in [0, 0.05) is 0 Å². The second kappa shape index (κ2) is 3.52. The molecule has 3 aromatic rings. The molecule has 0 amide bonds. The summed E-state index contributed by atoms with van der Waals surface area (Å²) in [7, 11) is 0. The summed E-state index contributed by atoms with van der Waals surface area (Å²) in [6, 6.07) is 2.73. The Hall–Kier alpha value is -1.47. The van der Waals surface area contributed by atoms with Gasteiger partial charge in [-0.15, -0.1) is 5.10 Å². The van der Waals surface area contributed by atoms with Crippen LogP contribution in [0.4, 0.5) is 13.2 Å². The SMILES string of the molecule is FC(F)(F)c1n[nH]c2nc3cc(Cl)c(Cl)cc3n12. The number of hydrogen-bond donors (Lipinski definition) is 1. The van der Waals surface area contributed by atoms with Crippen molar-refractivity contribution in [2.45, 2.75) is 6.18 Å². The Balaban J connectivity index is 2.46. The van der Waals surface area contributed by atoms with E-state index < -0.39 is 12.0 Å². The maximum absolute atomic E-state index is 12.7. The third-order valence-corrected chi connectivity index (χ3v) is 3.15. The van der Waals surface area contributed by atoms with Crippen molar-refractivity contribution in [2.75, 3.05) is 0 Å². The lowest BCUT2D eigenvalue weighted by atomic mass is 10.3. The van der Waals surface area contributed by atoms with Crippen LogP contribution in [0.1, 0.15) is 5.82 Å². The molecule has 94 valence electrons. The van der Waals surface area contributed by atoms with E-state index in [1.165, 1.54) is 12.1 Å². The molecule has 3 rings (SSSR count). The number of fused-ring (bicyclic) bond motifs is 3. The highest BCUT2D eigenvalue weighted by atomic mass is 35.5. The summed E-state index contributed by atoms with van der Waals surface area (Å²) < 4.78 is 39.1. The van der Waals surface area contributed by atoms with Crippen molar-refractivity contribution < 1.29 is 13.2 Å². The highest BCUT2D eigenvalue weighted by Gasteiger charge is 2.37. The monoisotopic (exact) mass is 294 g/mol. The summed E-state index contributed by atoms with van der Waals surface area (Å²) in [5.74, 6) is -1.10. The van der Waals surface area contributed by atoms with Crippen LogP contribution in [0, 0.1) is 0 Å². The standard InChI is InChI=1S/C9H3Cl2F3N4/c10-3-1-5-6(2-4(3)11)18-7(9(12,13)14)16-17-8(18)15-5/h1-2H,(H,15,17). The number of alkyl halides is 3. The number of imidazole rings is 1. The lowest BCUT2D eigenvalue weighted by Crippen LogP contribution is -2.10. The molecular formula is C9H3Cl2F3N4. The molecule has 1 N–H and O–H groups in total. The van der Waals surface area contributed by atoms with Crippen LogP contribution in [0.3, 0.4) is 0 Å². The van der Waals surface area contributed by atoms with E-state index in [4.69, 9.17) is 23.2 Å². The molecule has 2 heterocycles. The molecule has 0 saturated heterocycles. The first kappa shape index (κ1) is 11.6. The van der Waals surface area contributed by atoms with E-state index in [1.807, 2.05) is 0 Å². The molecule has 0 unspecified atom stereocenters. The van der Waals surface area contributed by atoms with Gasteiger partial charge in [0.15, 0.2) is 0 Å². The second-order valence-corrected chi connectivity index (χ2v) is 4.39. The van der Waals surface area contributed by atoms with Gasteiger partial charge in [0.25, 0.3) is 0 Å². The molecule has 0 aliphatic rings. The smallest absolute Gasteiger partial charge is 0.255 e. The molecule has 1 aromatic carbocycles. The first-order valence-electron chi connectivity index (χ1n) is 4.66. The molecule has 0 fully saturated rings. The minimum Gasteiger partial charge on any atom is -0.255 e. The molecule has 0 saturated carbocycles. The van der Waals surface area contributed by atoms with Crippen LogP contribution in [0.5, 0.6) is 0 Å². The summed E-state index contributed by atoms with van der Waals surface area (Å²) in [5, 5.41) is 5.80. The van der Waals surface area contributed by atoms with Crippen LogP contribution in [0.25, 0.3) is 16.8 Å². The number of H-pyrrole nitrogens is 1. The summed E-state index contributed by atoms with van der Waals surface area (Å²) in [4.78, 5) is 3.95.